The number of hydrogen-bond donors (Lipinski definition) is 1. The van der Waals surface area contributed by atoms with E-state index in [4.69, 9.17) is 4.74 Å². The molecule has 0 bridgehead atoms. The average molecular weight is 256 g/mol. The third-order valence-corrected chi connectivity index (χ3v) is 2.72. The number of hydrogen-bond acceptors (Lipinski definition) is 6. The second-order valence-electron chi connectivity index (χ2n) is 3.95. The number of aromatic nitrogens is 5. The van der Waals surface area contributed by atoms with Crippen LogP contribution in [0.4, 0.5) is 5.82 Å². The van der Waals surface area contributed by atoms with Crippen molar-refractivity contribution >= 4 is 11.5 Å². The van der Waals surface area contributed by atoms with Crippen molar-refractivity contribution < 1.29 is 4.74 Å². The van der Waals surface area contributed by atoms with Crippen LogP contribution in [-0.2, 0) is 6.54 Å². The molecule has 0 spiro atoms. The maximum atomic E-state index is 5.19. The minimum absolute atomic E-state index is 0.607. The lowest BCUT2D eigenvalue weighted by molar-refractivity contribution is 0.414. The van der Waals surface area contributed by atoms with Crippen molar-refractivity contribution in [2.75, 3.05) is 12.4 Å². The molecule has 3 aromatic rings. The topological polar surface area (TPSA) is 77.2 Å². The SMILES string of the molecule is COc1cccc(CNc2cncc3nnnn23)c1. The molecule has 0 unspecified atom stereocenters. The fourth-order valence-electron chi connectivity index (χ4n) is 1.77. The van der Waals surface area contributed by atoms with E-state index in [1.54, 1.807) is 24.0 Å². The first-order valence-electron chi connectivity index (χ1n) is 5.76. The zero-order chi connectivity index (χ0) is 13.1. The number of nitrogens with zero attached hydrogens (tertiary/aromatic N) is 5. The molecule has 96 valence electrons. The van der Waals surface area contributed by atoms with E-state index < -0.39 is 0 Å². The summed E-state index contributed by atoms with van der Waals surface area (Å²) >= 11 is 0. The summed E-state index contributed by atoms with van der Waals surface area (Å²) in [6.45, 7) is 0.637. The molecule has 0 saturated carbocycles. The predicted octanol–water partition coefficient (Wildman–Crippen LogP) is 1.14. The number of anilines is 1. The molecule has 1 aromatic carbocycles. The average Bonchev–Trinajstić information content (AvgIpc) is 2.94. The summed E-state index contributed by atoms with van der Waals surface area (Å²) in [6.07, 6.45) is 3.29. The van der Waals surface area contributed by atoms with Gasteiger partial charge >= 0.3 is 0 Å². The third-order valence-electron chi connectivity index (χ3n) is 2.72. The standard InChI is InChI=1S/C12H12N6O/c1-19-10-4-2-3-9(5-10)6-14-11-7-13-8-12-15-16-17-18(11)12/h2-5,7-8,14H,6H2,1H3. The van der Waals surface area contributed by atoms with Gasteiger partial charge in [-0.2, -0.15) is 4.52 Å². The van der Waals surface area contributed by atoms with Crippen LogP contribution < -0.4 is 10.1 Å². The van der Waals surface area contributed by atoms with Crippen LogP contribution in [0.3, 0.4) is 0 Å². The molecule has 3 rings (SSSR count). The summed E-state index contributed by atoms with van der Waals surface area (Å²) < 4.78 is 6.79. The monoisotopic (exact) mass is 256 g/mol. The van der Waals surface area contributed by atoms with Gasteiger partial charge in [0.25, 0.3) is 0 Å². The smallest absolute Gasteiger partial charge is 0.199 e. The Morgan fingerprint density at radius 2 is 2.26 bits per heavy atom. The molecule has 2 heterocycles. The van der Waals surface area contributed by atoms with Crippen LogP contribution in [0, 0.1) is 0 Å². The fourth-order valence-corrected chi connectivity index (χ4v) is 1.77. The van der Waals surface area contributed by atoms with Gasteiger partial charge in [0.15, 0.2) is 11.5 Å². The minimum atomic E-state index is 0.607. The van der Waals surface area contributed by atoms with Gasteiger partial charge < -0.3 is 10.1 Å². The summed E-state index contributed by atoms with van der Waals surface area (Å²) in [4.78, 5) is 4.08. The van der Waals surface area contributed by atoms with E-state index in [0.717, 1.165) is 17.1 Å². The van der Waals surface area contributed by atoms with Crippen LogP contribution in [0.15, 0.2) is 36.7 Å². The lowest BCUT2D eigenvalue weighted by Gasteiger charge is -2.08. The quantitative estimate of drug-likeness (QED) is 0.754. The van der Waals surface area contributed by atoms with Crippen LogP contribution >= 0.6 is 0 Å². The van der Waals surface area contributed by atoms with E-state index in [2.05, 4.69) is 25.8 Å². The van der Waals surface area contributed by atoms with Gasteiger partial charge in [0, 0.05) is 6.54 Å². The molecular weight excluding hydrogens is 244 g/mol. The molecular formula is C12H12N6O. The van der Waals surface area contributed by atoms with Crippen molar-refractivity contribution in [2.24, 2.45) is 0 Å². The molecule has 0 saturated heterocycles. The number of ether oxygens (including phenoxy) is 1. The van der Waals surface area contributed by atoms with Gasteiger partial charge in [0.2, 0.25) is 0 Å². The lowest BCUT2D eigenvalue weighted by Crippen LogP contribution is -2.05. The molecule has 0 amide bonds. The first kappa shape index (κ1) is 11.4. The summed E-state index contributed by atoms with van der Waals surface area (Å²) in [7, 11) is 1.65. The summed E-state index contributed by atoms with van der Waals surface area (Å²) in [6, 6.07) is 7.85. The molecule has 0 fully saturated rings. The highest BCUT2D eigenvalue weighted by Gasteiger charge is 2.03. The molecule has 0 radical (unpaired) electrons. The van der Waals surface area contributed by atoms with Crippen molar-refractivity contribution in [3.63, 3.8) is 0 Å². The maximum absolute atomic E-state index is 5.19. The Kier molecular flexibility index (Phi) is 2.93. The number of fused-ring (bicyclic) bond motifs is 1. The maximum Gasteiger partial charge on any atom is 0.199 e. The molecule has 0 aliphatic carbocycles. The minimum Gasteiger partial charge on any atom is -0.497 e. The van der Waals surface area contributed by atoms with Crippen LogP contribution in [0.2, 0.25) is 0 Å². The summed E-state index contributed by atoms with van der Waals surface area (Å²) in [5, 5.41) is 14.6. The highest BCUT2D eigenvalue weighted by molar-refractivity contribution is 5.44. The van der Waals surface area contributed by atoms with Crippen molar-refractivity contribution in [1.29, 1.82) is 0 Å². The first-order chi connectivity index (χ1) is 9.36. The molecule has 19 heavy (non-hydrogen) atoms. The van der Waals surface area contributed by atoms with E-state index in [1.807, 2.05) is 24.3 Å². The van der Waals surface area contributed by atoms with Gasteiger partial charge in [-0.05, 0) is 28.1 Å². The number of benzene rings is 1. The molecule has 0 atom stereocenters. The largest absolute Gasteiger partial charge is 0.497 e. The van der Waals surface area contributed by atoms with E-state index in [0.29, 0.717) is 12.2 Å². The zero-order valence-electron chi connectivity index (χ0n) is 10.3. The first-order valence-corrected chi connectivity index (χ1v) is 5.76. The van der Waals surface area contributed by atoms with E-state index in [9.17, 15) is 0 Å². The van der Waals surface area contributed by atoms with Gasteiger partial charge in [-0.3, -0.25) is 4.98 Å². The fraction of sp³-hybridized carbons (Fsp3) is 0.167. The second-order valence-corrected chi connectivity index (χ2v) is 3.95. The molecule has 0 aliphatic heterocycles. The van der Waals surface area contributed by atoms with Crippen LogP contribution in [0.1, 0.15) is 5.56 Å². The zero-order valence-corrected chi connectivity index (χ0v) is 10.3. The third kappa shape index (κ3) is 2.30. The van der Waals surface area contributed by atoms with Gasteiger partial charge in [-0.25, -0.2) is 0 Å². The lowest BCUT2D eigenvalue weighted by atomic mass is 10.2. The predicted molar refractivity (Wildman–Crippen MR) is 68.9 cm³/mol. The Hall–Kier alpha value is -2.70. The Bertz CT molecular complexity index is 695. The summed E-state index contributed by atoms with van der Waals surface area (Å²) in [5.74, 6) is 1.57. The Labute approximate surface area is 109 Å². The number of methoxy groups -OCH3 is 1. The highest BCUT2D eigenvalue weighted by Crippen LogP contribution is 2.14. The summed E-state index contributed by atoms with van der Waals surface area (Å²) in [5.41, 5.74) is 1.71. The van der Waals surface area contributed by atoms with Crippen molar-refractivity contribution in [2.45, 2.75) is 6.54 Å². The van der Waals surface area contributed by atoms with E-state index >= 15 is 0 Å². The highest BCUT2D eigenvalue weighted by atomic mass is 16.5. The van der Waals surface area contributed by atoms with Crippen molar-refractivity contribution in [3.05, 3.63) is 42.2 Å². The number of tetrazole rings is 1. The van der Waals surface area contributed by atoms with Crippen molar-refractivity contribution in [3.8, 4) is 5.75 Å². The molecule has 2 aromatic heterocycles. The Morgan fingerprint density at radius 3 is 3.16 bits per heavy atom. The van der Waals surface area contributed by atoms with Crippen LogP contribution in [-0.4, -0.2) is 32.1 Å². The Morgan fingerprint density at radius 1 is 1.32 bits per heavy atom. The van der Waals surface area contributed by atoms with Gasteiger partial charge in [0.1, 0.15) is 5.75 Å². The second kappa shape index (κ2) is 4.89. The Balaban J connectivity index is 1.80. The molecule has 7 heteroatoms. The number of nitrogens with one attached hydrogen (secondary N) is 1. The van der Waals surface area contributed by atoms with Crippen molar-refractivity contribution in [1.82, 2.24) is 25.0 Å². The molecule has 7 nitrogen and oxygen atoms in total. The van der Waals surface area contributed by atoms with Gasteiger partial charge in [-0.1, -0.05) is 12.1 Å². The molecule has 0 aliphatic rings. The van der Waals surface area contributed by atoms with E-state index in [1.165, 1.54) is 0 Å². The normalized spacial score (nSPS) is 10.6. The van der Waals surface area contributed by atoms with Gasteiger partial charge in [-0.15, -0.1) is 5.10 Å². The van der Waals surface area contributed by atoms with Gasteiger partial charge in [0.05, 0.1) is 19.5 Å². The van der Waals surface area contributed by atoms with E-state index in [-0.39, 0.29) is 0 Å². The number of rotatable bonds is 4. The molecule has 1 N–H and O–H groups in total. The van der Waals surface area contributed by atoms with Crippen LogP contribution in [0.25, 0.3) is 5.65 Å². The van der Waals surface area contributed by atoms with Crippen LogP contribution in [0.5, 0.6) is 5.75 Å².